The highest BCUT2D eigenvalue weighted by Crippen LogP contribution is 2.29. The standard InChI is InChI=1S/C14H18Cl3N3OS/c1-3-5-11(21)19-12(14(15,16)17)20-13(22)18-10-7-4-6-9(2)8-10/h4,6-8,12H,3,5H2,1-2H3,(H,19,21)(H2,18,20,22)/t12-/m1/s1. The first-order valence-corrected chi connectivity index (χ1v) is 8.27. The maximum absolute atomic E-state index is 11.7. The van der Waals surface area contributed by atoms with Crippen LogP contribution in [-0.2, 0) is 4.79 Å². The van der Waals surface area contributed by atoms with Gasteiger partial charge in [0.05, 0.1) is 0 Å². The van der Waals surface area contributed by atoms with Gasteiger partial charge < -0.3 is 16.0 Å². The molecule has 0 aromatic heterocycles. The molecule has 0 aliphatic carbocycles. The lowest BCUT2D eigenvalue weighted by Crippen LogP contribution is -2.56. The number of alkyl halides is 3. The number of anilines is 1. The molecule has 4 nitrogen and oxygen atoms in total. The van der Waals surface area contributed by atoms with Gasteiger partial charge in [0.25, 0.3) is 0 Å². The fourth-order valence-corrected chi connectivity index (χ4v) is 2.24. The number of rotatable bonds is 5. The molecular weight excluding hydrogens is 365 g/mol. The van der Waals surface area contributed by atoms with E-state index in [-0.39, 0.29) is 11.0 Å². The molecule has 0 spiro atoms. The monoisotopic (exact) mass is 381 g/mol. The number of carbonyl (C=O) groups excluding carboxylic acids is 1. The largest absolute Gasteiger partial charge is 0.339 e. The van der Waals surface area contributed by atoms with Gasteiger partial charge >= 0.3 is 0 Å². The average molecular weight is 383 g/mol. The van der Waals surface area contributed by atoms with Crippen LogP contribution in [0.5, 0.6) is 0 Å². The Morgan fingerprint density at radius 1 is 1.32 bits per heavy atom. The minimum atomic E-state index is -1.73. The lowest BCUT2D eigenvalue weighted by atomic mass is 10.2. The summed E-state index contributed by atoms with van der Waals surface area (Å²) < 4.78 is -1.73. The Morgan fingerprint density at radius 2 is 2.00 bits per heavy atom. The van der Waals surface area contributed by atoms with E-state index in [1.54, 1.807) is 0 Å². The highest BCUT2D eigenvalue weighted by Gasteiger charge is 2.34. The second-order valence-corrected chi connectivity index (χ2v) is 7.54. The van der Waals surface area contributed by atoms with Gasteiger partial charge in [-0.1, -0.05) is 53.9 Å². The van der Waals surface area contributed by atoms with Gasteiger partial charge in [0.15, 0.2) is 5.11 Å². The molecule has 0 radical (unpaired) electrons. The normalized spacial score (nSPS) is 12.4. The van der Waals surface area contributed by atoms with Crippen LogP contribution in [-0.4, -0.2) is 21.0 Å². The number of benzene rings is 1. The lowest BCUT2D eigenvalue weighted by Gasteiger charge is -2.27. The van der Waals surface area contributed by atoms with E-state index in [4.69, 9.17) is 47.0 Å². The molecule has 0 bridgehead atoms. The minimum Gasteiger partial charge on any atom is -0.339 e. The second kappa shape index (κ2) is 8.77. The first-order valence-electron chi connectivity index (χ1n) is 6.72. The number of carbonyl (C=O) groups is 1. The van der Waals surface area contributed by atoms with Crippen molar-refractivity contribution in [1.82, 2.24) is 10.6 Å². The highest BCUT2D eigenvalue weighted by atomic mass is 35.6. The summed E-state index contributed by atoms with van der Waals surface area (Å²) >= 11 is 22.8. The van der Waals surface area contributed by atoms with E-state index in [0.717, 1.165) is 11.3 Å². The smallest absolute Gasteiger partial charge is 0.228 e. The van der Waals surface area contributed by atoms with Crippen LogP contribution in [0, 0.1) is 6.92 Å². The molecule has 122 valence electrons. The molecule has 0 saturated carbocycles. The molecular formula is C14H18Cl3N3OS. The van der Waals surface area contributed by atoms with E-state index in [2.05, 4.69) is 16.0 Å². The van der Waals surface area contributed by atoms with E-state index in [1.807, 2.05) is 38.1 Å². The van der Waals surface area contributed by atoms with Gasteiger partial charge in [0.1, 0.15) is 6.17 Å². The molecule has 8 heteroatoms. The number of amides is 1. The third-order valence-electron chi connectivity index (χ3n) is 2.66. The Morgan fingerprint density at radius 3 is 2.55 bits per heavy atom. The van der Waals surface area contributed by atoms with Crippen LogP contribution in [0.3, 0.4) is 0 Å². The van der Waals surface area contributed by atoms with Crippen molar-refractivity contribution in [2.45, 2.75) is 36.6 Å². The Hall–Kier alpha value is -0.750. The Bertz CT molecular complexity index is 534. The summed E-state index contributed by atoms with van der Waals surface area (Å²) in [5.74, 6) is -0.218. The summed E-state index contributed by atoms with van der Waals surface area (Å²) in [6.07, 6.45) is 0.114. The van der Waals surface area contributed by atoms with Gasteiger partial charge in [-0.3, -0.25) is 4.79 Å². The van der Waals surface area contributed by atoms with Gasteiger partial charge in [-0.05, 0) is 43.3 Å². The van der Waals surface area contributed by atoms with Crippen LogP contribution in [0.4, 0.5) is 5.69 Å². The maximum Gasteiger partial charge on any atom is 0.228 e. The number of aryl methyl sites for hydroxylation is 1. The van der Waals surface area contributed by atoms with Crippen LogP contribution in [0.25, 0.3) is 0 Å². The van der Waals surface area contributed by atoms with E-state index in [9.17, 15) is 4.79 Å². The van der Waals surface area contributed by atoms with Gasteiger partial charge in [-0.25, -0.2) is 0 Å². The second-order valence-electron chi connectivity index (χ2n) is 4.76. The van der Waals surface area contributed by atoms with Gasteiger partial charge in [0, 0.05) is 12.1 Å². The van der Waals surface area contributed by atoms with Gasteiger partial charge in [-0.15, -0.1) is 0 Å². The summed E-state index contributed by atoms with van der Waals surface area (Å²) in [4.78, 5) is 11.7. The molecule has 0 unspecified atom stereocenters. The first-order chi connectivity index (χ1) is 10.2. The number of hydrogen-bond acceptors (Lipinski definition) is 2. The molecule has 0 aliphatic rings. The van der Waals surface area contributed by atoms with Crippen molar-refractivity contribution in [3.05, 3.63) is 29.8 Å². The van der Waals surface area contributed by atoms with Crippen LogP contribution in [0.2, 0.25) is 0 Å². The predicted octanol–water partition coefficient (Wildman–Crippen LogP) is 3.89. The van der Waals surface area contributed by atoms with E-state index in [0.29, 0.717) is 12.8 Å². The number of halogens is 3. The average Bonchev–Trinajstić information content (AvgIpc) is 2.37. The maximum atomic E-state index is 11.7. The SMILES string of the molecule is CCCC(=O)N[C@H](NC(=S)Nc1cccc(C)c1)C(Cl)(Cl)Cl. The summed E-state index contributed by atoms with van der Waals surface area (Å²) in [6, 6.07) is 7.65. The van der Waals surface area contributed by atoms with Crippen molar-refractivity contribution in [2.24, 2.45) is 0 Å². The summed E-state index contributed by atoms with van der Waals surface area (Å²) in [5.41, 5.74) is 1.89. The molecule has 3 N–H and O–H groups in total. The van der Waals surface area contributed by atoms with Crippen LogP contribution in [0.1, 0.15) is 25.3 Å². The minimum absolute atomic E-state index is 0.218. The zero-order valence-electron chi connectivity index (χ0n) is 12.3. The molecule has 22 heavy (non-hydrogen) atoms. The van der Waals surface area contributed by atoms with E-state index in [1.165, 1.54) is 0 Å². The summed E-state index contributed by atoms with van der Waals surface area (Å²) in [7, 11) is 0. The van der Waals surface area contributed by atoms with Crippen LogP contribution >= 0.6 is 47.0 Å². The quantitative estimate of drug-likeness (QED) is 0.411. The molecule has 0 aliphatic heterocycles. The van der Waals surface area contributed by atoms with Crippen molar-refractivity contribution >= 4 is 63.7 Å². The number of thiocarbonyl (C=S) groups is 1. The first kappa shape index (κ1) is 19.3. The molecule has 1 atom stereocenters. The Labute approximate surface area is 150 Å². The summed E-state index contributed by atoms with van der Waals surface area (Å²) in [6.45, 7) is 3.86. The van der Waals surface area contributed by atoms with Gasteiger partial charge in [-0.2, -0.15) is 0 Å². The molecule has 0 fully saturated rings. The Kier molecular flexibility index (Phi) is 7.69. The number of nitrogens with one attached hydrogen (secondary N) is 3. The zero-order valence-corrected chi connectivity index (χ0v) is 15.3. The van der Waals surface area contributed by atoms with E-state index < -0.39 is 9.96 Å². The highest BCUT2D eigenvalue weighted by molar-refractivity contribution is 7.80. The molecule has 1 aromatic rings. The molecule has 1 amide bonds. The van der Waals surface area contributed by atoms with Crippen LogP contribution < -0.4 is 16.0 Å². The van der Waals surface area contributed by atoms with Crippen molar-refractivity contribution in [2.75, 3.05) is 5.32 Å². The van der Waals surface area contributed by atoms with Crippen molar-refractivity contribution in [3.63, 3.8) is 0 Å². The zero-order chi connectivity index (χ0) is 16.8. The lowest BCUT2D eigenvalue weighted by molar-refractivity contribution is -0.121. The van der Waals surface area contributed by atoms with Crippen molar-refractivity contribution in [3.8, 4) is 0 Å². The molecule has 0 heterocycles. The van der Waals surface area contributed by atoms with Crippen LogP contribution in [0.15, 0.2) is 24.3 Å². The number of hydrogen-bond donors (Lipinski definition) is 3. The topological polar surface area (TPSA) is 53.2 Å². The Balaban J connectivity index is 2.68. The van der Waals surface area contributed by atoms with Crippen molar-refractivity contribution in [1.29, 1.82) is 0 Å². The predicted molar refractivity (Wildman–Crippen MR) is 97.7 cm³/mol. The molecule has 0 saturated heterocycles. The van der Waals surface area contributed by atoms with E-state index >= 15 is 0 Å². The molecule has 1 rings (SSSR count). The summed E-state index contributed by atoms with van der Waals surface area (Å²) in [5, 5.41) is 8.65. The third-order valence-corrected chi connectivity index (χ3v) is 3.54. The molecule has 1 aromatic carbocycles. The van der Waals surface area contributed by atoms with Crippen molar-refractivity contribution < 1.29 is 4.79 Å². The fraction of sp³-hybridized carbons (Fsp3) is 0.429. The third kappa shape index (κ3) is 7.01. The fourth-order valence-electron chi connectivity index (χ4n) is 1.68. The van der Waals surface area contributed by atoms with Gasteiger partial charge in [0.2, 0.25) is 9.70 Å².